The summed E-state index contributed by atoms with van der Waals surface area (Å²) in [7, 11) is 2.13. The fraction of sp³-hybridized carbons (Fsp3) is 0.929. The maximum absolute atomic E-state index is 11.8. The fourth-order valence-electron chi connectivity index (χ4n) is 2.85. The van der Waals surface area contributed by atoms with Crippen molar-refractivity contribution in [1.29, 1.82) is 0 Å². The number of ether oxygens (including phenoxy) is 1. The molecule has 0 unspecified atom stereocenters. The van der Waals surface area contributed by atoms with E-state index in [1.54, 1.807) is 0 Å². The van der Waals surface area contributed by atoms with E-state index in [0.29, 0.717) is 12.1 Å². The van der Waals surface area contributed by atoms with Gasteiger partial charge in [-0.2, -0.15) is 0 Å². The maximum Gasteiger partial charge on any atom is 0.246 e. The van der Waals surface area contributed by atoms with Crippen LogP contribution in [0.2, 0.25) is 0 Å². The topological polar surface area (TPSA) is 41.6 Å². The zero-order valence-corrected chi connectivity index (χ0v) is 11.5. The Morgan fingerprint density at radius 3 is 2.50 bits per heavy atom. The number of hydrogen-bond acceptors (Lipinski definition) is 3. The van der Waals surface area contributed by atoms with Crippen molar-refractivity contribution < 1.29 is 9.53 Å². The third-order valence-electron chi connectivity index (χ3n) is 4.09. The van der Waals surface area contributed by atoms with Gasteiger partial charge in [-0.3, -0.25) is 4.79 Å². The first-order valence-electron chi connectivity index (χ1n) is 7.33. The third kappa shape index (κ3) is 4.58. The van der Waals surface area contributed by atoms with E-state index in [0.717, 1.165) is 38.8 Å². The second kappa shape index (κ2) is 7.10. The highest BCUT2D eigenvalue weighted by Gasteiger charge is 2.19. The number of rotatable bonds is 4. The van der Waals surface area contributed by atoms with Crippen LogP contribution in [-0.4, -0.2) is 49.7 Å². The number of carbonyl (C=O) groups excluding carboxylic acids is 1. The lowest BCUT2D eigenvalue weighted by Gasteiger charge is -2.29. The third-order valence-corrected chi connectivity index (χ3v) is 4.09. The van der Waals surface area contributed by atoms with E-state index in [4.69, 9.17) is 4.74 Å². The smallest absolute Gasteiger partial charge is 0.246 e. The molecular formula is C14H26N2O2. The summed E-state index contributed by atoms with van der Waals surface area (Å²) in [6.07, 6.45) is 8.52. The molecule has 2 fully saturated rings. The first-order chi connectivity index (χ1) is 8.74. The summed E-state index contributed by atoms with van der Waals surface area (Å²) in [5.74, 6) is 0.0649. The van der Waals surface area contributed by atoms with Gasteiger partial charge in [0.15, 0.2) is 0 Å². The minimum absolute atomic E-state index is 0.0649. The predicted molar refractivity (Wildman–Crippen MR) is 71.5 cm³/mol. The normalized spacial score (nSPS) is 24.1. The zero-order chi connectivity index (χ0) is 12.8. The van der Waals surface area contributed by atoms with Gasteiger partial charge in [0, 0.05) is 6.04 Å². The molecule has 1 saturated heterocycles. The largest absolute Gasteiger partial charge is 0.368 e. The molecule has 0 bridgehead atoms. The molecule has 104 valence electrons. The van der Waals surface area contributed by atoms with Crippen molar-refractivity contribution in [2.45, 2.75) is 57.1 Å². The van der Waals surface area contributed by atoms with Gasteiger partial charge in [0.25, 0.3) is 0 Å². The lowest BCUT2D eigenvalue weighted by Crippen LogP contribution is -2.44. The Morgan fingerprint density at radius 1 is 1.17 bits per heavy atom. The van der Waals surface area contributed by atoms with Gasteiger partial charge < -0.3 is 15.0 Å². The second-order valence-corrected chi connectivity index (χ2v) is 5.72. The number of likely N-dealkylation sites (tertiary alicyclic amines) is 1. The molecule has 0 aromatic rings. The molecule has 0 aromatic heterocycles. The Morgan fingerprint density at radius 2 is 1.83 bits per heavy atom. The lowest BCUT2D eigenvalue weighted by atomic mass is 9.98. The van der Waals surface area contributed by atoms with Crippen LogP contribution in [-0.2, 0) is 9.53 Å². The van der Waals surface area contributed by atoms with E-state index in [2.05, 4.69) is 17.3 Å². The average molecular weight is 254 g/mol. The van der Waals surface area contributed by atoms with Gasteiger partial charge in [-0.1, -0.05) is 19.3 Å². The molecule has 2 rings (SSSR count). The predicted octanol–water partition coefficient (Wildman–Crippen LogP) is 1.55. The maximum atomic E-state index is 11.8. The van der Waals surface area contributed by atoms with Gasteiger partial charge in [0.05, 0.1) is 6.10 Å². The van der Waals surface area contributed by atoms with Crippen LogP contribution in [0.3, 0.4) is 0 Å². The van der Waals surface area contributed by atoms with Crippen molar-refractivity contribution in [3.05, 3.63) is 0 Å². The molecule has 0 atom stereocenters. The molecule has 1 amide bonds. The zero-order valence-electron chi connectivity index (χ0n) is 11.5. The lowest BCUT2D eigenvalue weighted by molar-refractivity contribution is -0.129. The molecule has 4 heteroatoms. The molecule has 1 saturated carbocycles. The van der Waals surface area contributed by atoms with Crippen LogP contribution in [0.15, 0.2) is 0 Å². The summed E-state index contributed by atoms with van der Waals surface area (Å²) in [5.41, 5.74) is 0. The van der Waals surface area contributed by atoms with Gasteiger partial charge in [-0.25, -0.2) is 0 Å². The summed E-state index contributed by atoms with van der Waals surface area (Å²) < 4.78 is 5.68. The highest BCUT2D eigenvalue weighted by atomic mass is 16.5. The van der Waals surface area contributed by atoms with Crippen molar-refractivity contribution >= 4 is 5.91 Å². The van der Waals surface area contributed by atoms with Gasteiger partial charge >= 0.3 is 0 Å². The molecular weight excluding hydrogens is 228 g/mol. The molecule has 0 spiro atoms. The quantitative estimate of drug-likeness (QED) is 0.827. The molecule has 4 nitrogen and oxygen atoms in total. The van der Waals surface area contributed by atoms with E-state index in [1.165, 1.54) is 19.3 Å². The highest BCUT2D eigenvalue weighted by molar-refractivity contribution is 5.77. The van der Waals surface area contributed by atoms with E-state index in [1.807, 2.05) is 0 Å². The first-order valence-corrected chi connectivity index (χ1v) is 7.33. The van der Waals surface area contributed by atoms with Crippen molar-refractivity contribution in [2.24, 2.45) is 0 Å². The molecule has 1 aliphatic heterocycles. The van der Waals surface area contributed by atoms with E-state index in [-0.39, 0.29) is 12.5 Å². The van der Waals surface area contributed by atoms with E-state index < -0.39 is 0 Å². The summed E-state index contributed by atoms with van der Waals surface area (Å²) in [6, 6.07) is 0.351. The minimum atomic E-state index is 0.0649. The number of carbonyl (C=O) groups is 1. The van der Waals surface area contributed by atoms with E-state index >= 15 is 0 Å². The van der Waals surface area contributed by atoms with Gasteiger partial charge in [-0.15, -0.1) is 0 Å². The van der Waals surface area contributed by atoms with Crippen molar-refractivity contribution in [1.82, 2.24) is 10.2 Å². The number of nitrogens with zero attached hydrogens (tertiary/aromatic N) is 1. The van der Waals surface area contributed by atoms with Crippen LogP contribution < -0.4 is 5.32 Å². The Labute approximate surface area is 110 Å². The first kappa shape index (κ1) is 13.8. The number of hydrogen-bond donors (Lipinski definition) is 1. The molecule has 1 heterocycles. The van der Waals surface area contributed by atoms with Crippen LogP contribution >= 0.6 is 0 Å². The molecule has 0 radical (unpaired) electrons. The number of amides is 1. The Hall–Kier alpha value is -0.610. The standard InChI is InChI=1S/C14H26N2O2/c1-16-9-7-12(8-10-16)15-14(17)11-18-13-5-3-2-4-6-13/h12-13H,2-11H2,1H3,(H,15,17). The Bertz CT molecular complexity index is 257. The second-order valence-electron chi connectivity index (χ2n) is 5.72. The SMILES string of the molecule is CN1CCC(NC(=O)COC2CCCCC2)CC1. The van der Waals surface area contributed by atoms with E-state index in [9.17, 15) is 4.79 Å². The molecule has 1 N–H and O–H groups in total. The monoisotopic (exact) mass is 254 g/mol. The average Bonchev–Trinajstić information content (AvgIpc) is 2.40. The minimum Gasteiger partial charge on any atom is -0.368 e. The van der Waals surface area contributed by atoms with Gasteiger partial charge in [0.1, 0.15) is 6.61 Å². The molecule has 18 heavy (non-hydrogen) atoms. The summed E-state index contributed by atoms with van der Waals surface area (Å²) in [5, 5.41) is 3.09. The fourth-order valence-corrected chi connectivity index (χ4v) is 2.85. The number of piperidine rings is 1. The van der Waals surface area contributed by atoms with Crippen LogP contribution in [0.4, 0.5) is 0 Å². The summed E-state index contributed by atoms with van der Waals surface area (Å²) in [6.45, 7) is 2.40. The van der Waals surface area contributed by atoms with Gasteiger partial charge in [0.2, 0.25) is 5.91 Å². The van der Waals surface area contributed by atoms with Crippen LogP contribution in [0, 0.1) is 0 Å². The number of nitrogens with one attached hydrogen (secondary N) is 1. The van der Waals surface area contributed by atoms with Crippen LogP contribution in [0.25, 0.3) is 0 Å². The Kier molecular flexibility index (Phi) is 5.45. The van der Waals surface area contributed by atoms with Gasteiger partial charge in [-0.05, 0) is 45.8 Å². The summed E-state index contributed by atoms with van der Waals surface area (Å²) in [4.78, 5) is 14.1. The van der Waals surface area contributed by atoms with Crippen molar-refractivity contribution in [3.63, 3.8) is 0 Å². The molecule has 2 aliphatic rings. The van der Waals surface area contributed by atoms with Crippen molar-refractivity contribution in [2.75, 3.05) is 26.7 Å². The van der Waals surface area contributed by atoms with Crippen molar-refractivity contribution in [3.8, 4) is 0 Å². The highest BCUT2D eigenvalue weighted by Crippen LogP contribution is 2.20. The molecule has 1 aliphatic carbocycles. The Balaban J connectivity index is 1.59. The molecule has 0 aromatic carbocycles. The van der Waals surface area contributed by atoms with Crippen LogP contribution in [0.5, 0.6) is 0 Å². The van der Waals surface area contributed by atoms with Crippen LogP contribution in [0.1, 0.15) is 44.9 Å². The summed E-state index contributed by atoms with van der Waals surface area (Å²) >= 11 is 0.